The quantitative estimate of drug-likeness (QED) is 0.667. The van der Waals surface area contributed by atoms with Gasteiger partial charge in [0.2, 0.25) is 11.8 Å². The van der Waals surface area contributed by atoms with Crippen LogP contribution < -0.4 is 15.5 Å². The number of aromatic amines is 1. The number of carbonyl (C=O) groups excluding carboxylic acids is 3. The molecular formula is C20H18N4O3. The summed E-state index contributed by atoms with van der Waals surface area (Å²) in [6, 6.07) is 13.5. The third-order valence-corrected chi connectivity index (χ3v) is 4.56. The first-order valence-corrected chi connectivity index (χ1v) is 8.61. The summed E-state index contributed by atoms with van der Waals surface area (Å²) in [5.74, 6) is -1.000. The van der Waals surface area contributed by atoms with Gasteiger partial charge in [0, 0.05) is 17.4 Å². The zero-order chi connectivity index (χ0) is 19.0. The number of fused-ring (bicyclic) bond motifs is 2. The van der Waals surface area contributed by atoms with E-state index in [0.717, 1.165) is 10.9 Å². The van der Waals surface area contributed by atoms with E-state index >= 15 is 0 Å². The molecule has 0 saturated heterocycles. The molecule has 0 radical (unpaired) electrons. The summed E-state index contributed by atoms with van der Waals surface area (Å²) in [6.45, 7) is 1.42. The number of hydrogen-bond donors (Lipinski definition) is 3. The molecule has 27 heavy (non-hydrogen) atoms. The summed E-state index contributed by atoms with van der Waals surface area (Å²) in [5.41, 5.74) is 2.34. The number of aromatic nitrogens is 1. The fourth-order valence-corrected chi connectivity index (χ4v) is 3.22. The average Bonchev–Trinajstić information content (AvgIpc) is 3.10. The second-order valence-corrected chi connectivity index (χ2v) is 6.46. The van der Waals surface area contributed by atoms with Crippen molar-refractivity contribution in [3.63, 3.8) is 0 Å². The molecule has 4 rings (SSSR count). The van der Waals surface area contributed by atoms with Crippen molar-refractivity contribution in [3.8, 4) is 0 Å². The van der Waals surface area contributed by atoms with Crippen molar-refractivity contribution in [2.45, 2.75) is 13.0 Å². The van der Waals surface area contributed by atoms with Gasteiger partial charge in [0.25, 0.3) is 5.91 Å². The van der Waals surface area contributed by atoms with Crippen LogP contribution in [0.15, 0.2) is 54.7 Å². The molecule has 0 unspecified atom stereocenters. The van der Waals surface area contributed by atoms with Crippen molar-refractivity contribution in [2.24, 2.45) is 0 Å². The van der Waals surface area contributed by atoms with Crippen molar-refractivity contribution < 1.29 is 14.4 Å². The van der Waals surface area contributed by atoms with Gasteiger partial charge in [-0.3, -0.25) is 14.4 Å². The first-order chi connectivity index (χ1) is 13.0. The highest BCUT2D eigenvalue weighted by Crippen LogP contribution is 2.24. The monoisotopic (exact) mass is 362 g/mol. The predicted molar refractivity (Wildman–Crippen MR) is 103 cm³/mol. The number of H-pyrrole nitrogens is 1. The molecule has 2 aromatic carbocycles. The molecule has 0 spiro atoms. The lowest BCUT2D eigenvalue weighted by atomic mass is 10.1. The molecule has 0 fully saturated rings. The van der Waals surface area contributed by atoms with Crippen LogP contribution in [0.5, 0.6) is 0 Å². The van der Waals surface area contributed by atoms with Gasteiger partial charge in [-0.25, -0.2) is 0 Å². The van der Waals surface area contributed by atoms with Gasteiger partial charge in [-0.1, -0.05) is 18.2 Å². The Bertz CT molecular complexity index is 1060. The van der Waals surface area contributed by atoms with Crippen molar-refractivity contribution in [1.29, 1.82) is 0 Å². The Balaban J connectivity index is 1.59. The van der Waals surface area contributed by atoms with Crippen LogP contribution in [0.25, 0.3) is 10.9 Å². The minimum Gasteiger partial charge on any atom is -0.361 e. The maximum absolute atomic E-state index is 12.7. The molecule has 3 N–H and O–H groups in total. The zero-order valence-electron chi connectivity index (χ0n) is 14.7. The second kappa shape index (κ2) is 6.60. The van der Waals surface area contributed by atoms with E-state index in [1.54, 1.807) is 37.3 Å². The topological polar surface area (TPSA) is 94.3 Å². The lowest BCUT2D eigenvalue weighted by Crippen LogP contribution is -2.46. The highest BCUT2D eigenvalue weighted by molar-refractivity contribution is 6.13. The molecule has 1 aromatic heterocycles. The molecule has 3 aromatic rings. The van der Waals surface area contributed by atoms with Crippen LogP contribution in [0.1, 0.15) is 17.3 Å². The number of anilines is 2. The van der Waals surface area contributed by atoms with Gasteiger partial charge in [-0.2, -0.15) is 0 Å². The van der Waals surface area contributed by atoms with E-state index in [0.29, 0.717) is 16.9 Å². The van der Waals surface area contributed by atoms with E-state index < -0.39 is 6.04 Å². The Morgan fingerprint density at radius 2 is 1.96 bits per heavy atom. The lowest BCUT2D eigenvalue weighted by Gasteiger charge is -2.23. The SMILES string of the molecule is C[C@@H]1NC(=O)c2ccccc2N(CC(=O)Nc2ccc3cc[nH]c3c2)C1=O. The van der Waals surface area contributed by atoms with E-state index in [2.05, 4.69) is 15.6 Å². The van der Waals surface area contributed by atoms with Crippen LogP contribution in [-0.2, 0) is 9.59 Å². The highest BCUT2D eigenvalue weighted by atomic mass is 16.2. The number of benzene rings is 2. The number of para-hydroxylation sites is 1. The van der Waals surface area contributed by atoms with Gasteiger partial charge >= 0.3 is 0 Å². The Hall–Kier alpha value is -3.61. The molecule has 1 aliphatic rings. The van der Waals surface area contributed by atoms with Crippen molar-refractivity contribution >= 4 is 40.0 Å². The first kappa shape index (κ1) is 16.8. The van der Waals surface area contributed by atoms with E-state index in [1.165, 1.54) is 4.90 Å². The molecule has 0 aliphatic carbocycles. The fraction of sp³-hybridized carbons (Fsp3) is 0.150. The Labute approximate surface area is 155 Å². The highest BCUT2D eigenvalue weighted by Gasteiger charge is 2.32. The smallest absolute Gasteiger partial charge is 0.254 e. The molecule has 1 atom stereocenters. The molecule has 7 heteroatoms. The van der Waals surface area contributed by atoms with Gasteiger partial charge in [0.05, 0.1) is 11.3 Å². The van der Waals surface area contributed by atoms with Gasteiger partial charge in [-0.05, 0) is 42.6 Å². The third kappa shape index (κ3) is 3.15. The third-order valence-electron chi connectivity index (χ3n) is 4.56. The second-order valence-electron chi connectivity index (χ2n) is 6.46. The molecule has 1 aliphatic heterocycles. The van der Waals surface area contributed by atoms with Gasteiger partial charge in [0.1, 0.15) is 12.6 Å². The van der Waals surface area contributed by atoms with E-state index in [-0.39, 0.29) is 24.3 Å². The van der Waals surface area contributed by atoms with Crippen LogP contribution in [0.2, 0.25) is 0 Å². The predicted octanol–water partition coefficient (Wildman–Crippen LogP) is 2.27. The number of amides is 3. The van der Waals surface area contributed by atoms with Gasteiger partial charge in [0.15, 0.2) is 0 Å². The van der Waals surface area contributed by atoms with Crippen LogP contribution in [-0.4, -0.2) is 35.3 Å². The van der Waals surface area contributed by atoms with Crippen molar-refractivity contribution in [2.75, 3.05) is 16.8 Å². The first-order valence-electron chi connectivity index (χ1n) is 8.61. The van der Waals surface area contributed by atoms with Crippen LogP contribution >= 0.6 is 0 Å². The number of carbonyl (C=O) groups is 3. The maximum atomic E-state index is 12.7. The van der Waals surface area contributed by atoms with E-state index in [1.807, 2.05) is 24.4 Å². The summed E-state index contributed by atoms with van der Waals surface area (Å²) in [7, 11) is 0. The summed E-state index contributed by atoms with van der Waals surface area (Å²) in [6.07, 6.45) is 1.83. The lowest BCUT2D eigenvalue weighted by molar-refractivity contribution is -0.122. The minimum atomic E-state index is -0.715. The van der Waals surface area contributed by atoms with Crippen molar-refractivity contribution in [3.05, 3.63) is 60.3 Å². The Morgan fingerprint density at radius 1 is 1.15 bits per heavy atom. The number of nitrogens with zero attached hydrogens (tertiary/aromatic N) is 1. The molecule has 136 valence electrons. The summed E-state index contributed by atoms with van der Waals surface area (Å²) in [4.78, 5) is 42.0. The maximum Gasteiger partial charge on any atom is 0.254 e. The molecule has 3 amide bonds. The van der Waals surface area contributed by atoms with Gasteiger partial charge < -0.3 is 20.5 Å². The van der Waals surface area contributed by atoms with Gasteiger partial charge in [-0.15, -0.1) is 0 Å². The summed E-state index contributed by atoms with van der Waals surface area (Å²) in [5, 5.41) is 6.51. The number of nitrogens with one attached hydrogen (secondary N) is 3. The largest absolute Gasteiger partial charge is 0.361 e. The van der Waals surface area contributed by atoms with Crippen LogP contribution in [0.3, 0.4) is 0 Å². The van der Waals surface area contributed by atoms with Crippen LogP contribution in [0.4, 0.5) is 11.4 Å². The molecule has 7 nitrogen and oxygen atoms in total. The molecule has 0 saturated carbocycles. The Morgan fingerprint density at radius 3 is 2.81 bits per heavy atom. The summed E-state index contributed by atoms with van der Waals surface area (Å²) < 4.78 is 0. The summed E-state index contributed by atoms with van der Waals surface area (Å²) >= 11 is 0. The standard InChI is InChI=1S/C20H18N4O3/c1-12-20(27)24(17-5-3-2-4-15(17)19(26)22-12)11-18(25)23-14-7-6-13-8-9-21-16(13)10-14/h2-10,12,21H,11H2,1H3,(H,22,26)(H,23,25)/t12-/m0/s1. The minimum absolute atomic E-state index is 0.183. The zero-order valence-corrected chi connectivity index (χ0v) is 14.7. The van der Waals surface area contributed by atoms with E-state index in [4.69, 9.17) is 0 Å². The normalized spacial score (nSPS) is 16.6. The van der Waals surface area contributed by atoms with Crippen LogP contribution in [0, 0.1) is 0 Å². The van der Waals surface area contributed by atoms with Crippen molar-refractivity contribution in [1.82, 2.24) is 10.3 Å². The van der Waals surface area contributed by atoms with E-state index in [9.17, 15) is 14.4 Å². The molecule has 2 heterocycles. The average molecular weight is 362 g/mol. The number of hydrogen-bond acceptors (Lipinski definition) is 3. The number of rotatable bonds is 3. The Kier molecular flexibility index (Phi) is 4.12. The molecule has 0 bridgehead atoms. The molecular weight excluding hydrogens is 344 g/mol. The fourth-order valence-electron chi connectivity index (χ4n) is 3.22.